The fraction of sp³-hybridized carbons (Fsp3) is 0.917. The predicted molar refractivity (Wildman–Crippen MR) is 66.1 cm³/mol. The van der Waals surface area contributed by atoms with Crippen molar-refractivity contribution < 1.29 is 23.4 Å². The summed E-state index contributed by atoms with van der Waals surface area (Å²) < 4.78 is 30.2. The first-order valence-corrected chi connectivity index (χ1v) is 6.44. The average Bonchev–Trinajstić information content (AvgIpc) is 2.38. The molecule has 0 atom stereocenters. The van der Waals surface area contributed by atoms with E-state index in [9.17, 15) is 13.6 Å². The summed E-state index contributed by atoms with van der Waals surface area (Å²) in [5.41, 5.74) is -0.746. The van der Waals surface area contributed by atoms with Crippen LogP contribution in [0, 0.1) is 5.41 Å². The van der Waals surface area contributed by atoms with Crippen LogP contribution in [0.2, 0.25) is 0 Å². The Morgan fingerprint density at radius 2 is 2.11 bits per heavy atom. The second kappa shape index (κ2) is 7.72. The molecule has 5 nitrogen and oxygen atoms in total. The molecule has 0 unspecified atom stereocenters. The third-order valence-corrected chi connectivity index (χ3v) is 3.45. The van der Waals surface area contributed by atoms with Crippen LogP contribution in [0.3, 0.4) is 0 Å². The summed E-state index contributed by atoms with van der Waals surface area (Å²) in [5, 5.41) is 12.1. The van der Waals surface area contributed by atoms with Gasteiger partial charge in [-0.25, -0.2) is 8.78 Å². The van der Waals surface area contributed by atoms with Crippen LogP contribution in [0.25, 0.3) is 0 Å². The van der Waals surface area contributed by atoms with Gasteiger partial charge in [-0.05, 0) is 25.9 Å². The van der Waals surface area contributed by atoms with Gasteiger partial charge < -0.3 is 20.1 Å². The lowest BCUT2D eigenvalue weighted by Crippen LogP contribution is -2.53. The summed E-state index contributed by atoms with van der Waals surface area (Å²) in [6.07, 6.45) is -1.48. The lowest BCUT2D eigenvalue weighted by atomic mass is 9.78. The molecular formula is C12H22F2N2O3. The lowest BCUT2D eigenvalue weighted by molar-refractivity contribution is -0.150. The minimum atomic E-state index is -2.60. The van der Waals surface area contributed by atoms with Crippen LogP contribution in [0.4, 0.5) is 8.78 Å². The van der Waals surface area contributed by atoms with Crippen LogP contribution in [-0.2, 0) is 9.53 Å². The summed E-state index contributed by atoms with van der Waals surface area (Å²) in [5.74, 6) is -0.342. The van der Waals surface area contributed by atoms with Crippen molar-refractivity contribution in [1.29, 1.82) is 0 Å². The van der Waals surface area contributed by atoms with Crippen molar-refractivity contribution in [1.82, 2.24) is 10.2 Å². The van der Waals surface area contributed by atoms with Crippen molar-refractivity contribution in [2.45, 2.75) is 19.3 Å². The highest BCUT2D eigenvalue weighted by Crippen LogP contribution is 2.31. The predicted octanol–water partition coefficient (Wildman–Crippen LogP) is 0.0886. The molecule has 0 aliphatic carbocycles. The molecule has 1 amide bonds. The Bertz CT molecular complexity index is 279. The number of carbonyl (C=O) groups is 1. The number of alkyl halides is 2. The minimum absolute atomic E-state index is 0.0674. The van der Waals surface area contributed by atoms with Crippen LogP contribution in [0.5, 0.6) is 0 Å². The van der Waals surface area contributed by atoms with E-state index in [1.54, 1.807) is 0 Å². The molecule has 1 fully saturated rings. The lowest BCUT2D eigenvalue weighted by Gasteiger charge is -2.39. The fourth-order valence-corrected chi connectivity index (χ4v) is 2.50. The molecule has 1 heterocycles. The van der Waals surface area contributed by atoms with Crippen molar-refractivity contribution in [2.24, 2.45) is 5.41 Å². The number of carbonyl (C=O) groups excluding carboxylic acids is 1. The van der Waals surface area contributed by atoms with E-state index in [1.165, 1.54) is 7.11 Å². The zero-order chi connectivity index (χ0) is 14.3. The van der Waals surface area contributed by atoms with Crippen molar-refractivity contribution >= 4 is 5.91 Å². The highest BCUT2D eigenvalue weighted by molar-refractivity contribution is 5.83. The first-order valence-electron chi connectivity index (χ1n) is 6.44. The standard InChI is InChI=1S/C12H22F2N2O3/c1-19-9-12(2-4-15-5-3-12)11(18)16(6-7-17)8-10(13)14/h10,15,17H,2-9H2,1H3. The molecule has 0 aromatic rings. The number of amides is 1. The number of hydrogen-bond acceptors (Lipinski definition) is 4. The van der Waals surface area contributed by atoms with E-state index >= 15 is 0 Å². The van der Waals surface area contributed by atoms with Gasteiger partial charge >= 0.3 is 0 Å². The van der Waals surface area contributed by atoms with Crippen molar-refractivity contribution in [3.05, 3.63) is 0 Å². The zero-order valence-corrected chi connectivity index (χ0v) is 11.2. The largest absolute Gasteiger partial charge is 0.395 e. The number of piperidine rings is 1. The van der Waals surface area contributed by atoms with Gasteiger partial charge in [0.15, 0.2) is 0 Å². The maximum absolute atomic E-state index is 12.5. The average molecular weight is 280 g/mol. The Balaban J connectivity index is 2.82. The number of hydrogen-bond donors (Lipinski definition) is 2. The molecule has 0 aromatic heterocycles. The number of ether oxygens (including phenoxy) is 1. The number of aliphatic hydroxyl groups is 1. The molecule has 0 aromatic carbocycles. The number of nitrogens with zero attached hydrogens (tertiary/aromatic N) is 1. The Labute approximate surface area is 111 Å². The Morgan fingerprint density at radius 1 is 1.47 bits per heavy atom. The molecule has 2 N–H and O–H groups in total. The van der Waals surface area contributed by atoms with E-state index in [0.29, 0.717) is 25.9 Å². The highest BCUT2D eigenvalue weighted by atomic mass is 19.3. The quantitative estimate of drug-likeness (QED) is 0.694. The maximum Gasteiger partial charge on any atom is 0.255 e. The zero-order valence-electron chi connectivity index (χ0n) is 11.2. The molecular weight excluding hydrogens is 258 g/mol. The molecule has 0 radical (unpaired) electrons. The molecule has 1 aliphatic heterocycles. The molecule has 1 rings (SSSR count). The first-order chi connectivity index (χ1) is 9.05. The van der Waals surface area contributed by atoms with Crippen LogP contribution < -0.4 is 5.32 Å². The van der Waals surface area contributed by atoms with Gasteiger partial charge in [0.1, 0.15) is 0 Å². The van der Waals surface area contributed by atoms with Gasteiger partial charge in [-0.2, -0.15) is 0 Å². The van der Waals surface area contributed by atoms with Gasteiger partial charge in [0.25, 0.3) is 6.43 Å². The summed E-state index contributed by atoms with van der Waals surface area (Å²) in [6.45, 7) is 0.520. The minimum Gasteiger partial charge on any atom is -0.395 e. The molecule has 1 saturated heterocycles. The normalized spacial score (nSPS) is 18.6. The topological polar surface area (TPSA) is 61.8 Å². The van der Waals surface area contributed by atoms with E-state index in [4.69, 9.17) is 9.84 Å². The summed E-state index contributed by atoms with van der Waals surface area (Å²) in [6, 6.07) is 0. The smallest absolute Gasteiger partial charge is 0.255 e. The van der Waals surface area contributed by atoms with Crippen LogP contribution >= 0.6 is 0 Å². The number of aliphatic hydroxyl groups excluding tert-OH is 1. The van der Waals surface area contributed by atoms with Gasteiger partial charge in [-0.3, -0.25) is 4.79 Å². The molecule has 0 bridgehead atoms. The molecule has 19 heavy (non-hydrogen) atoms. The Kier molecular flexibility index (Phi) is 6.60. The summed E-state index contributed by atoms with van der Waals surface area (Å²) in [4.78, 5) is 13.6. The van der Waals surface area contributed by atoms with Crippen molar-refractivity contribution in [3.63, 3.8) is 0 Å². The molecule has 0 spiro atoms. The van der Waals surface area contributed by atoms with E-state index < -0.39 is 18.4 Å². The van der Waals surface area contributed by atoms with Gasteiger partial charge in [-0.1, -0.05) is 0 Å². The second-order valence-corrected chi connectivity index (χ2v) is 4.83. The van der Waals surface area contributed by atoms with Gasteiger partial charge in [0, 0.05) is 13.7 Å². The van der Waals surface area contributed by atoms with Gasteiger partial charge in [0.05, 0.1) is 25.2 Å². The first kappa shape index (κ1) is 16.3. The fourth-order valence-electron chi connectivity index (χ4n) is 2.50. The summed E-state index contributed by atoms with van der Waals surface area (Å²) >= 11 is 0. The van der Waals surface area contributed by atoms with Gasteiger partial charge in [-0.15, -0.1) is 0 Å². The second-order valence-electron chi connectivity index (χ2n) is 4.83. The maximum atomic E-state index is 12.5. The van der Waals surface area contributed by atoms with E-state index in [-0.39, 0.29) is 25.7 Å². The Morgan fingerprint density at radius 3 is 2.58 bits per heavy atom. The number of halogens is 2. The van der Waals surface area contributed by atoms with E-state index in [2.05, 4.69) is 5.32 Å². The van der Waals surface area contributed by atoms with Crippen LogP contribution in [0.15, 0.2) is 0 Å². The van der Waals surface area contributed by atoms with E-state index in [0.717, 1.165) is 4.90 Å². The number of nitrogens with one attached hydrogen (secondary N) is 1. The monoisotopic (exact) mass is 280 g/mol. The highest BCUT2D eigenvalue weighted by Gasteiger charge is 2.42. The van der Waals surface area contributed by atoms with Gasteiger partial charge in [0.2, 0.25) is 5.91 Å². The number of methoxy groups -OCH3 is 1. The van der Waals surface area contributed by atoms with Crippen molar-refractivity contribution in [2.75, 3.05) is 46.5 Å². The Hall–Kier alpha value is -0.790. The molecule has 1 aliphatic rings. The molecule has 0 saturated carbocycles. The third kappa shape index (κ3) is 4.36. The molecule has 7 heteroatoms. The molecule has 112 valence electrons. The van der Waals surface area contributed by atoms with Crippen LogP contribution in [-0.4, -0.2) is 68.8 Å². The van der Waals surface area contributed by atoms with Crippen LogP contribution in [0.1, 0.15) is 12.8 Å². The third-order valence-electron chi connectivity index (χ3n) is 3.45. The van der Waals surface area contributed by atoms with E-state index in [1.807, 2.05) is 0 Å². The van der Waals surface area contributed by atoms with Crippen molar-refractivity contribution in [3.8, 4) is 0 Å². The summed E-state index contributed by atoms with van der Waals surface area (Å²) in [7, 11) is 1.50. The SMILES string of the molecule is COCC1(C(=O)N(CCO)CC(F)F)CCNCC1. The number of rotatable bonds is 7.